The van der Waals surface area contributed by atoms with Crippen LogP contribution in [0.3, 0.4) is 0 Å². The van der Waals surface area contributed by atoms with E-state index in [4.69, 9.17) is 5.11 Å². The van der Waals surface area contributed by atoms with E-state index in [1.54, 1.807) is 0 Å². The van der Waals surface area contributed by atoms with Crippen LogP contribution in [0.2, 0.25) is 0 Å². The van der Waals surface area contributed by atoms with Crippen LogP contribution in [0.5, 0.6) is 0 Å². The van der Waals surface area contributed by atoms with E-state index in [1.165, 1.54) is 0 Å². The Morgan fingerprint density at radius 1 is 1.31 bits per heavy atom. The van der Waals surface area contributed by atoms with Crippen LogP contribution in [0.15, 0.2) is 24.3 Å². The Hall–Kier alpha value is -1.63. The molecule has 1 N–H and O–H groups in total. The van der Waals surface area contributed by atoms with Crippen LogP contribution in [-0.4, -0.2) is 20.1 Å². The normalized spacial score (nSPS) is 10.9. The van der Waals surface area contributed by atoms with Crippen LogP contribution in [-0.2, 0) is 22.2 Å². The van der Waals surface area contributed by atoms with Crippen molar-refractivity contribution in [2.45, 2.75) is 6.18 Å². The van der Waals surface area contributed by atoms with Gasteiger partial charge in [0.05, 0.1) is 5.56 Å². The quantitative estimate of drug-likeness (QED) is 0.639. The van der Waals surface area contributed by atoms with Crippen molar-refractivity contribution in [3.05, 3.63) is 35.4 Å². The highest BCUT2D eigenvalue weighted by Gasteiger charge is 2.31. The van der Waals surface area contributed by atoms with E-state index in [9.17, 15) is 22.2 Å². The summed E-state index contributed by atoms with van der Waals surface area (Å²) in [6.45, 7) is 0. The molecule has 0 fully saturated rings. The highest BCUT2D eigenvalue weighted by Crippen LogP contribution is 2.29. The van der Waals surface area contributed by atoms with E-state index in [2.05, 4.69) is 0 Å². The van der Waals surface area contributed by atoms with Crippen LogP contribution >= 0.6 is 0 Å². The molecule has 0 amide bonds. The molecule has 0 spiro atoms. The summed E-state index contributed by atoms with van der Waals surface area (Å²) in [7, 11) is 0. The van der Waals surface area contributed by atoms with Crippen LogP contribution < -0.4 is 0 Å². The second-order valence-corrected chi connectivity index (χ2v) is 3.37. The van der Waals surface area contributed by atoms with Gasteiger partial charge < -0.3 is 5.11 Å². The minimum absolute atomic E-state index is 0.248. The Morgan fingerprint density at radius 3 is 2.38 bits per heavy atom. The number of alkyl halides is 3. The lowest BCUT2D eigenvalue weighted by Gasteiger charge is -2.07. The first-order chi connectivity index (χ1) is 7.36. The number of hydrogen-bond donors (Lipinski definition) is 1. The van der Waals surface area contributed by atoms with Gasteiger partial charge in [-0.15, -0.1) is 0 Å². The third-order valence-electron chi connectivity index (χ3n) is 1.73. The molecule has 0 saturated heterocycles. The monoisotopic (exact) mass is 250 g/mol. The first kappa shape index (κ1) is 12.4. The van der Waals surface area contributed by atoms with Crippen molar-refractivity contribution in [2.75, 3.05) is 0 Å². The molecule has 86 valence electrons. The Labute approximate surface area is 91.6 Å². The van der Waals surface area contributed by atoms with Gasteiger partial charge in [0, 0.05) is 5.56 Å². The molecule has 0 radical (unpaired) electrons. The molecule has 1 aromatic rings. The standard InChI is InChI=1S/C9H5F3O3S/c10-9(11,12)6-3-1-2-5(4-6)7(16-15)8(13)14/h1-4H,(H,13,14). The number of carbonyl (C=O) groups is 1. The molecule has 0 aliphatic rings. The maximum atomic E-state index is 12.3. The molecule has 1 rings (SSSR count). The van der Waals surface area contributed by atoms with Crippen molar-refractivity contribution in [3.63, 3.8) is 0 Å². The second-order valence-electron chi connectivity index (χ2n) is 2.80. The fraction of sp³-hybridized carbons (Fsp3) is 0.111. The topological polar surface area (TPSA) is 54.4 Å². The third kappa shape index (κ3) is 2.69. The van der Waals surface area contributed by atoms with Crippen molar-refractivity contribution in [1.82, 2.24) is 0 Å². The number of carboxylic acid groups (broad SMARTS) is 1. The molecule has 0 aliphatic heterocycles. The molecular weight excluding hydrogens is 245 g/mol. The summed E-state index contributed by atoms with van der Waals surface area (Å²) in [5, 5.41) is 8.58. The first-order valence-corrected chi connectivity index (χ1v) is 4.68. The molecule has 0 aromatic heterocycles. The summed E-state index contributed by atoms with van der Waals surface area (Å²) in [6.07, 6.45) is -4.56. The van der Waals surface area contributed by atoms with Gasteiger partial charge in [-0.1, -0.05) is 12.1 Å². The lowest BCUT2D eigenvalue weighted by molar-refractivity contribution is -0.137. The molecule has 3 nitrogen and oxygen atoms in total. The predicted molar refractivity (Wildman–Crippen MR) is 51.3 cm³/mol. The first-order valence-electron chi connectivity index (χ1n) is 3.94. The number of halogens is 3. The molecule has 1 aromatic carbocycles. The van der Waals surface area contributed by atoms with E-state index in [-0.39, 0.29) is 16.8 Å². The van der Waals surface area contributed by atoms with Gasteiger partial charge in [-0.25, -0.2) is 9.00 Å². The summed E-state index contributed by atoms with van der Waals surface area (Å²) in [5.74, 6) is -1.54. The smallest absolute Gasteiger partial charge is 0.416 e. The molecule has 0 heterocycles. The van der Waals surface area contributed by atoms with Crippen molar-refractivity contribution in [3.8, 4) is 0 Å². The zero-order valence-electron chi connectivity index (χ0n) is 7.62. The highest BCUT2D eigenvalue weighted by molar-refractivity contribution is 7.69. The molecule has 0 atom stereocenters. The number of hydrogen-bond acceptors (Lipinski definition) is 2. The maximum Gasteiger partial charge on any atom is 0.416 e. The molecule has 0 bridgehead atoms. The van der Waals surface area contributed by atoms with Crippen LogP contribution in [0.1, 0.15) is 11.1 Å². The van der Waals surface area contributed by atoms with Crippen molar-refractivity contribution < 1.29 is 27.3 Å². The van der Waals surface area contributed by atoms with E-state index >= 15 is 0 Å². The van der Waals surface area contributed by atoms with Crippen LogP contribution in [0.25, 0.3) is 0 Å². The lowest BCUT2D eigenvalue weighted by Crippen LogP contribution is -2.15. The van der Waals surface area contributed by atoms with E-state index in [0.29, 0.717) is 6.07 Å². The minimum atomic E-state index is -4.56. The fourth-order valence-corrected chi connectivity index (χ4v) is 1.34. The van der Waals surface area contributed by atoms with Gasteiger partial charge >= 0.3 is 12.1 Å². The maximum absolute atomic E-state index is 12.3. The Balaban J connectivity index is 3.28. The minimum Gasteiger partial charge on any atom is -0.477 e. The van der Waals surface area contributed by atoms with E-state index in [1.807, 2.05) is 0 Å². The second kappa shape index (κ2) is 4.48. The summed E-state index contributed by atoms with van der Waals surface area (Å²) >= 11 is -0.350. The van der Waals surface area contributed by atoms with Gasteiger partial charge in [0.1, 0.15) is 11.3 Å². The lowest BCUT2D eigenvalue weighted by atomic mass is 10.1. The molecular formula is C9H5F3O3S. The number of aliphatic carboxylic acids is 1. The largest absolute Gasteiger partial charge is 0.477 e. The van der Waals surface area contributed by atoms with Gasteiger partial charge in [0.2, 0.25) is 0 Å². The molecule has 0 aliphatic carbocycles. The van der Waals surface area contributed by atoms with Gasteiger partial charge in [-0.05, 0) is 12.1 Å². The van der Waals surface area contributed by atoms with E-state index < -0.39 is 22.6 Å². The van der Waals surface area contributed by atoms with Crippen LogP contribution in [0, 0.1) is 0 Å². The van der Waals surface area contributed by atoms with Crippen molar-refractivity contribution in [2.24, 2.45) is 0 Å². The van der Waals surface area contributed by atoms with Gasteiger partial charge in [0.25, 0.3) is 0 Å². The van der Waals surface area contributed by atoms with E-state index in [0.717, 1.165) is 18.2 Å². The van der Waals surface area contributed by atoms with Gasteiger partial charge in [-0.3, -0.25) is 0 Å². The molecule has 0 saturated carbocycles. The zero-order chi connectivity index (χ0) is 12.3. The average Bonchev–Trinajstić information content (AvgIpc) is 2.17. The van der Waals surface area contributed by atoms with Crippen molar-refractivity contribution >= 4 is 22.1 Å². The summed E-state index contributed by atoms with van der Waals surface area (Å²) < 4.78 is 47.3. The summed E-state index contributed by atoms with van der Waals surface area (Å²) in [4.78, 5) is 9.89. The zero-order valence-corrected chi connectivity index (χ0v) is 8.43. The SMILES string of the molecule is O=S=C(C(=O)O)c1cccc(C(F)(F)F)c1. The summed E-state index contributed by atoms with van der Waals surface area (Å²) in [6, 6.07) is 3.63. The highest BCUT2D eigenvalue weighted by atomic mass is 32.1. The molecule has 0 unspecified atom stereocenters. The third-order valence-corrected chi connectivity index (χ3v) is 2.31. The Kier molecular flexibility index (Phi) is 3.48. The average molecular weight is 250 g/mol. The number of rotatable bonds is 2. The van der Waals surface area contributed by atoms with Crippen LogP contribution in [0.4, 0.5) is 13.2 Å². The Morgan fingerprint density at radius 2 is 1.94 bits per heavy atom. The molecule has 7 heteroatoms. The number of carboxylic acids is 1. The van der Waals surface area contributed by atoms with Gasteiger partial charge in [-0.2, -0.15) is 13.2 Å². The molecule has 16 heavy (non-hydrogen) atoms. The number of benzene rings is 1. The van der Waals surface area contributed by atoms with Gasteiger partial charge in [0.15, 0.2) is 4.86 Å². The predicted octanol–water partition coefficient (Wildman–Crippen LogP) is 1.52. The Bertz CT molecular complexity index is 475. The summed E-state index contributed by atoms with van der Waals surface area (Å²) in [5.41, 5.74) is -1.24. The van der Waals surface area contributed by atoms with Crippen molar-refractivity contribution in [1.29, 1.82) is 0 Å². The fourth-order valence-electron chi connectivity index (χ4n) is 1.04.